The van der Waals surface area contributed by atoms with Crippen LogP contribution in [0.3, 0.4) is 0 Å². The van der Waals surface area contributed by atoms with Crippen LogP contribution in [-0.4, -0.2) is 11.6 Å². The summed E-state index contributed by atoms with van der Waals surface area (Å²) < 4.78 is 28.2. The van der Waals surface area contributed by atoms with Gasteiger partial charge >= 0.3 is 6.61 Å². The first-order valence-corrected chi connectivity index (χ1v) is 4.68. The Balaban J connectivity index is 2.98. The lowest BCUT2D eigenvalue weighted by molar-refractivity contribution is -0.0535. The van der Waals surface area contributed by atoms with Crippen LogP contribution in [0.1, 0.15) is 30.9 Å². The van der Waals surface area contributed by atoms with E-state index in [9.17, 15) is 8.78 Å². The van der Waals surface area contributed by atoms with Gasteiger partial charge in [0, 0.05) is 18.3 Å². The standard InChI is InChI=1S/C10H14F2N2O/c1-6(2)8-3-7(4-13)9(14-5-8)15-10(11)12/h3,5-6,10H,4,13H2,1-2H3. The average molecular weight is 216 g/mol. The fraction of sp³-hybridized carbons (Fsp3) is 0.500. The van der Waals surface area contributed by atoms with Gasteiger partial charge in [-0.25, -0.2) is 4.98 Å². The van der Waals surface area contributed by atoms with Crippen molar-refractivity contribution in [3.05, 3.63) is 23.4 Å². The summed E-state index contributed by atoms with van der Waals surface area (Å²) in [6.45, 7) is 1.25. The van der Waals surface area contributed by atoms with Crippen molar-refractivity contribution in [3.63, 3.8) is 0 Å². The number of aromatic nitrogens is 1. The first kappa shape index (κ1) is 11.8. The van der Waals surface area contributed by atoms with Crippen molar-refractivity contribution in [3.8, 4) is 5.88 Å². The van der Waals surface area contributed by atoms with E-state index in [1.54, 1.807) is 6.07 Å². The number of pyridine rings is 1. The van der Waals surface area contributed by atoms with Crippen molar-refractivity contribution in [1.29, 1.82) is 0 Å². The van der Waals surface area contributed by atoms with Gasteiger partial charge in [0.2, 0.25) is 5.88 Å². The molecule has 0 radical (unpaired) electrons. The predicted octanol–water partition coefficient (Wildman–Crippen LogP) is 2.27. The second-order valence-corrected chi connectivity index (χ2v) is 3.47. The largest absolute Gasteiger partial charge is 0.417 e. The quantitative estimate of drug-likeness (QED) is 0.839. The Morgan fingerprint density at radius 2 is 2.13 bits per heavy atom. The summed E-state index contributed by atoms with van der Waals surface area (Å²) in [5.41, 5.74) is 6.89. The van der Waals surface area contributed by atoms with Gasteiger partial charge in [-0.15, -0.1) is 0 Å². The molecule has 15 heavy (non-hydrogen) atoms. The Hall–Kier alpha value is -1.23. The van der Waals surface area contributed by atoms with Crippen molar-refractivity contribution in [2.24, 2.45) is 5.73 Å². The Bertz CT molecular complexity index is 329. The van der Waals surface area contributed by atoms with E-state index in [2.05, 4.69) is 9.72 Å². The highest BCUT2D eigenvalue weighted by molar-refractivity contribution is 5.31. The summed E-state index contributed by atoms with van der Waals surface area (Å²) in [5, 5.41) is 0. The Morgan fingerprint density at radius 3 is 2.60 bits per heavy atom. The number of ether oxygens (including phenoxy) is 1. The number of alkyl halides is 2. The molecule has 1 heterocycles. The number of hydrogen-bond acceptors (Lipinski definition) is 3. The fourth-order valence-corrected chi connectivity index (χ4v) is 1.17. The molecule has 0 bridgehead atoms. The van der Waals surface area contributed by atoms with Crippen LogP contribution in [0.2, 0.25) is 0 Å². The minimum atomic E-state index is -2.87. The monoisotopic (exact) mass is 216 g/mol. The van der Waals surface area contributed by atoms with Crippen LogP contribution >= 0.6 is 0 Å². The van der Waals surface area contributed by atoms with Crippen molar-refractivity contribution >= 4 is 0 Å². The molecule has 84 valence electrons. The molecule has 0 unspecified atom stereocenters. The lowest BCUT2D eigenvalue weighted by atomic mass is 10.0. The summed E-state index contributed by atoms with van der Waals surface area (Å²) >= 11 is 0. The molecule has 0 aliphatic carbocycles. The molecule has 0 saturated carbocycles. The molecule has 0 amide bonds. The van der Waals surface area contributed by atoms with Crippen molar-refractivity contribution in [2.45, 2.75) is 32.9 Å². The predicted molar refractivity (Wildman–Crippen MR) is 52.8 cm³/mol. The maximum Gasteiger partial charge on any atom is 0.388 e. The van der Waals surface area contributed by atoms with Crippen molar-refractivity contribution in [1.82, 2.24) is 4.98 Å². The van der Waals surface area contributed by atoms with Gasteiger partial charge in [-0.2, -0.15) is 8.78 Å². The molecule has 0 saturated heterocycles. The van der Waals surface area contributed by atoms with Crippen LogP contribution in [0.15, 0.2) is 12.3 Å². The maximum atomic E-state index is 12.0. The SMILES string of the molecule is CC(C)c1cnc(OC(F)F)c(CN)c1. The molecule has 0 spiro atoms. The molecule has 5 heteroatoms. The number of hydrogen-bond donors (Lipinski definition) is 1. The Morgan fingerprint density at radius 1 is 1.47 bits per heavy atom. The van der Waals surface area contributed by atoms with Crippen LogP contribution in [-0.2, 0) is 6.54 Å². The zero-order chi connectivity index (χ0) is 11.4. The zero-order valence-electron chi connectivity index (χ0n) is 8.71. The number of nitrogens with zero attached hydrogens (tertiary/aromatic N) is 1. The third kappa shape index (κ3) is 3.13. The Kier molecular flexibility index (Phi) is 3.96. The topological polar surface area (TPSA) is 48.1 Å². The molecular formula is C10H14F2N2O. The van der Waals surface area contributed by atoms with Crippen LogP contribution in [0, 0.1) is 0 Å². The van der Waals surface area contributed by atoms with Crippen LogP contribution < -0.4 is 10.5 Å². The first-order chi connectivity index (χ1) is 7.04. The normalized spacial score (nSPS) is 11.1. The highest BCUT2D eigenvalue weighted by Crippen LogP contribution is 2.22. The smallest absolute Gasteiger partial charge is 0.388 e. The zero-order valence-corrected chi connectivity index (χ0v) is 8.71. The van der Waals surface area contributed by atoms with Crippen LogP contribution in [0.4, 0.5) is 8.78 Å². The minimum Gasteiger partial charge on any atom is -0.417 e. The van der Waals surface area contributed by atoms with Gasteiger partial charge in [0.15, 0.2) is 0 Å². The van der Waals surface area contributed by atoms with E-state index in [-0.39, 0.29) is 18.3 Å². The molecule has 1 rings (SSSR count). The molecule has 0 atom stereocenters. The molecule has 2 N–H and O–H groups in total. The second-order valence-electron chi connectivity index (χ2n) is 3.47. The molecule has 1 aromatic heterocycles. The second kappa shape index (κ2) is 5.02. The first-order valence-electron chi connectivity index (χ1n) is 4.68. The minimum absolute atomic E-state index is 0.0862. The average Bonchev–Trinajstić information content (AvgIpc) is 2.17. The number of halogens is 2. The van der Waals surface area contributed by atoms with E-state index in [1.165, 1.54) is 6.20 Å². The van der Waals surface area contributed by atoms with Crippen LogP contribution in [0.5, 0.6) is 5.88 Å². The summed E-state index contributed by atoms with van der Waals surface area (Å²) in [6, 6.07) is 1.75. The van der Waals surface area contributed by atoms with Crippen LogP contribution in [0.25, 0.3) is 0 Å². The van der Waals surface area contributed by atoms with Gasteiger partial charge in [0.1, 0.15) is 0 Å². The van der Waals surface area contributed by atoms with Gasteiger partial charge < -0.3 is 10.5 Å². The lowest BCUT2D eigenvalue weighted by Crippen LogP contribution is -2.09. The van der Waals surface area contributed by atoms with Gasteiger partial charge in [-0.1, -0.05) is 13.8 Å². The molecule has 0 aliphatic rings. The van der Waals surface area contributed by atoms with Gasteiger partial charge in [0.25, 0.3) is 0 Å². The maximum absolute atomic E-state index is 12.0. The van der Waals surface area contributed by atoms with Gasteiger partial charge in [0.05, 0.1) is 0 Å². The highest BCUT2D eigenvalue weighted by Gasteiger charge is 2.11. The highest BCUT2D eigenvalue weighted by atomic mass is 19.3. The third-order valence-corrected chi connectivity index (χ3v) is 2.03. The number of rotatable bonds is 4. The van der Waals surface area contributed by atoms with E-state index in [4.69, 9.17) is 5.73 Å². The van der Waals surface area contributed by atoms with Gasteiger partial charge in [-0.05, 0) is 17.5 Å². The van der Waals surface area contributed by atoms with Crippen molar-refractivity contribution < 1.29 is 13.5 Å². The third-order valence-electron chi connectivity index (χ3n) is 2.03. The van der Waals surface area contributed by atoms with E-state index < -0.39 is 6.61 Å². The lowest BCUT2D eigenvalue weighted by Gasteiger charge is -2.11. The van der Waals surface area contributed by atoms with E-state index in [1.807, 2.05) is 13.8 Å². The summed E-state index contributed by atoms with van der Waals surface area (Å²) in [6.07, 6.45) is 1.53. The number of nitrogens with two attached hydrogens (primary N) is 1. The summed E-state index contributed by atoms with van der Waals surface area (Å²) in [5.74, 6) is 0.195. The molecular weight excluding hydrogens is 202 g/mol. The molecule has 3 nitrogen and oxygen atoms in total. The molecule has 1 aromatic rings. The van der Waals surface area contributed by atoms with E-state index >= 15 is 0 Å². The van der Waals surface area contributed by atoms with Gasteiger partial charge in [-0.3, -0.25) is 0 Å². The molecule has 0 aromatic carbocycles. The summed E-state index contributed by atoms with van der Waals surface area (Å²) in [4.78, 5) is 3.83. The Labute approximate surface area is 87.3 Å². The molecule has 0 aliphatic heterocycles. The molecule has 0 fully saturated rings. The summed E-state index contributed by atoms with van der Waals surface area (Å²) in [7, 11) is 0. The van der Waals surface area contributed by atoms with Crippen molar-refractivity contribution in [2.75, 3.05) is 0 Å². The fourth-order valence-electron chi connectivity index (χ4n) is 1.17. The van der Waals surface area contributed by atoms with E-state index in [0.29, 0.717) is 5.56 Å². The van der Waals surface area contributed by atoms with E-state index in [0.717, 1.165) is 5.56 Å².